The molecule has 1 aromatic heterocycles. The lowest BCUT2D eigenvalue weighted by atomic mass is 10.2. The minimum atomic E-state index is -3.57. The number of sulfonamides is 1. The van der Waals surface area contributed by atoms with E-state index in [-0.39, 0.29) is 10.6 Å². The highest BCUT2D eigenvalue weighted by Crippen LogP contribution is 2.21. The predicted molar refractivity (Wildman–Crippen MR) is 87.8 cm³/mol. The standard InChI is InChI=1S/C14H24N2O4S2/c1-10(2)16(11(3)4)8-7-15-22(19,20)14-6-5-12(21-14)9-13(17)18/h5-6,10-11,15H,7-9H2,1-4H3,(H,17,18). The molecule has 0 spiro atoms. The number of nitrogens with one attached hydrogen (secondary N) is 1. The van der Waals surface area contributed by atoms with Crippen LogP contribution in [0.15, 0.2) is 16.3 Å². The van der Waals surface area contributed by atoms with Crippen LogP contribution in [0.25, 0.3) is 0 Å². The summed E-state index contributed by atoms with van der Waals surface area (Å²) in [6.45, 7) is 9.25. The number of carboxylic acid groups (broad SMARTS) is 1. The van der Waals surface area contributed by atoms with E-state index >= 15 is 0 Å². The van der Waals surface area contributed by atoms with E-state index in [2.05, 4.69) is 37.3 Å². The minimum Gasteiger partial charge on any atom is -0.481 e. The molecule has 0 radical (unpaired) electrons. The molecule has 1 aromatic rings. The minimum absolute atomic E-state index is 0.157. The van der Waals surface area contributed by atoms with Crippen LogP contribution < -0.4 is 4.72 Å². The van der Waals surface area contributed by atoms with Gasteiger partial charge in [0.2, 0.25) is 10.0 Å². The van der Waals surface area contributed by atoms with Crippen LogP contribution >= 0.6 is 11.3 Å². The zero-order valence-corrected chi connectivity index (χ0v) is 15.0. The van der Waals surface area contributed by atoms with E-state index in [9.17, 15) is 13.2 Å². The van der Waals surface area contributed by atoms with Gasteiger partial charge in [-0.1, -0.05) is 0 Å². The molecule has 0 aromatic carbocycles. The van der Waals surface area contributed by atoms with Gasteiger partial charge in [-0.05, 0) is 39.8 Å². The monoisotopic (exact) mass is 348 g/mol. The highest BCUT2D eigenvalue weighted by atomic mass is 32.2. The van der Waals surface area contributed by atoms with Gasteiger partial charge in [-0.25, -0.2) is 13.1 Å². The fourth-order valence-electron chi connectivity index (χ4n) is 2.24. The Labute approximate surface area is 136 Å². The zero-order chi connectivity index (χ0) is 16.9. The van der Waals surface area contributed by atoms with Crippen molar-refractivity contribution in [3.8, 4) is 0 Å². The van der Waals surface area contributed by atoms with Crippen LogP contribution in [0.2, 0.25) is 0 Å². The second-order valence-electron chi connectivity index (χ2n) is 5.61. The van der Waals surface area contributed by atoms with Crippen molar-refractivity contribution >= 4 is 27.3 Å². The summed E-state index contributed by atoms with van der Waals surface area (Å²) in [6, 6.07) is 3.68. The summed E-state index contributed by atoms with van der Waals surface area (Å²) in [4.78, 5) is 13.4. The lowest BCUT2D eigenvalue weighted by Gasteiger charge is -2.30. The van der Waals surface area contributed by atoms with Crippen molar-refractivity contribution in [2.24, 2.45) is 0 Å². The highest BCUT2D eigenvalue weighted by Gasteiger charge is 2.19. The van der Waals surface area contributed by atoms with Gasteiger partial charge >= 0.3 is 5.97 Å². The molecule has 22 heavy (non-hydrogen) atoms. The molecule has 0 bridgehead atoms. The lowest BCUT2D eigenvalue weighted by Crippen LogP contribution is -2.42. The van der Waals surface area contributed by atoms with E-state index in [4.69, 9.17) is 5.11 Å². The topological polar surface area (TPSA) is 86.7 Å². The molecule has 1 heterocycles. The van der Waals surface area contributed by atoms with E-state index in [0.717, 1.165) is 11.3 Å². The quantitative estimate of drug-likeness (QED) is 0.710. The van der Waals surface area contributed by atoms with Crippen molar-refractivity contribution in [1.82, 2.24) is 9.62 Å². The van der Waals surface area contributed by atoms with E-state index in [1.807, 2.05) is 0 Å². The normalized spacial score (nSPS) is 12.5. The summed E-state index contributed by atoms with van der Waals surface area (Å²) >= 11 is 0.995. The summed E-state index contributed by atoms with van der Waals surface area (Å²) in [7, 11) is -3.57. The van der Waals surface area contributed by atoms with Gasteiger partial charge in [-0.3, -0.25) is 9.69 Å². The van der Waals surface area contributed by atoms with Gasteiger partial charge in [0.15, 0.2) is 0 Å². The molecule has 6 nitrogen and oxygen atoms in total. The Morgan fingerprint density at radius 1 is 1.27 bits per heavy atom. The van der Waals surface area contributed by atoms with E-state index in [0.29, 0.717) is 30.1 Å². The summed E-state index contributed by atoms with van der Waals surface area (Å²) in [6.07, 6.45) is -0.158. The van der Waals surface area contributed by atoms with Crippen LogP contribution in [0.4, 0.5) is 0 Å². The first-order valence-corrected chi connectivity index (χ1v) is 9.49. The van der Waals surface area contributed by atoms with Gasteiger partial charge < -0.3 is 5.11 Å². The molecule has 0 unspecified atom stereocenters. The van der Waals surface area contributed by atoms with Gasteiger partial charge in [0, 0.05) is 30.1 Å². The van der Waals surface area contributed by atoms with Gasteiger partial charge in [0.1, 0.15) is 4.21 Å². The van der Waals surface area contributed by atoms with Crippen molar-refractivity contribution in [1.29, 1.82) is 0 Å². The Morgan fingerprint density at radius 2 is 1.86 bits per heavy atom. The number of aliphatic carboxylic acids is 1. The molecule has 126 valence electrons. The van der Waals surface area contributed by atoms with Crippen LogP contribution in [-0.2, 0) is 21.2 Å². The van der Waals surface area contributed by atoms with Crippen LogP contribution in [0, 0.1) is 0 Å². The van der Waals surface area contributed by atoms with Crippen LogP contribution in [0.5, 0.6) is 0 Å². The fourth-order valence-corrected chi connectivity index (χ4v) is 4.65. The first-order valence-electron chi connectivity index (χ1n) is 7.19. The lowest BCUT2D eigenvalue weighted by molar-refractivity contribution is -0.136. The molecule has 0 atom stereocenters. The van der Waals surface area contributed by atoms with Crippen molar-refractivity contribution in [2.45, 2.75) is 50.4 Å². The number of carboxylic acids is 1. The molecule has 0 aliphatic rings. The average molecular weight is 348 g/mol. The van der Waals surface area contributed by atoms with Crippen molar-refractivity contribution in [3.05, 3.63) is 17.0 Å². The van der Waals surface area contributed by atoms with Gasteiger partial charge in [-0.15, -0.1) is 11.3 Å². The molecule has 0 aliphatic heterocycles. The van der Waals surface area contributed by atoms with E-state index in [1.54, 1.807) is 6.07 Å². The molecular weight excluding hydrogens is 324 g/mol. The fraction of sp³-hybridized carbons (Fsp3) is 0.643. The van der Waals surface area contributed by atoms with E-state index in [1.165, 1.54) is 6.07 Å². The maximum Gasteiger partial charge on any atom is 0.308 e. The summed E-state index contributed by atoms with van der Waals surface area (Å²) in [5.41, 5.74) is 0. The Morgan fingerprint density at radius 3 is 2.36 bits per heavy atom. The van der Waals surface area contributed by atoms with Gasteiger partial charge in [0.25, 0.3) is 0 Å². The molecule has 0 aliphatic carbocycles. The zero-order valence-electron chi connectivity index (χ0n) is 13.4. The molecule has 0 amide bonds. The van der Waals surface area contributed by atoms with Crippen LogP contribution in [0.1, 0.15) is 32.6 Å². The largest absolute Gasteiger partial charge is 0.481 e. The summed E-state index contributed by atoms with van der Waals surface area (Å²) < 4.78 is 27.1. The summed E-state index contributed by atoms with van der Waals surface area (Å²) in [5, 5.41) is 8.72. The molecule has 8 heteroatoms. The van der Waals surface area contributed by atoms with Crippen molar-refractivity contribution in [3.63, 3.8) is 0 Å². The highest BCUT2D eigenvalue weighted by molar-refractivity contribution is 7.91. The SMILES string of the molecule is CC(C)N(CCNS(=O)(=O)c1ccc(CC(=O)O)s1)C(C)C. The number of carbonyl (C=O) groups is 1. The van der Waals surface area contributed by atoms with Gasteiger partial charge in [-0.2, -0.15) is 0 Å². The summed E-state index contributed by atoms with van der Waals surface area (Å²) in [5.74, 6) is -0.969. The van der Waals surface area contributed by atoms with E-state index < -0.39 is 16.0 Å². The Bertz CT molecular complexity index is 586. The third-order valence-electron chi connectivity index (χ3n) is 3.22. The number of thiophene rings is 1. The first-order chi connectivity index (χ1) is 10.1. The number of rotatable bonds is 9. The Hall–Kier alpha value is -0.960. The molecule has 0 fully saturated rings. The Balaban J connectivity index is 2.64. The number of hydrogen-bond donors (Lipinski definition) is 2. The molecular formula is C14H24N2O4S2. The van der Waals surface area contributed by atoms with Gasteiger partial charge in [0.05, 0.1) is 6.42 Å². The third-order valence-corrected chi connectivity index (χ3v) is 6.25. The van der Waals surface area contributed by atoms with Crippen LogP contribution in [0.3, 0.4) is 0 Å². The first kappa shape index (κ1) is 19.1. The maximum atomic E-state index is 12.2. The Kier molecular flexibility index (Phi) is 6.98. The smallest absolute Gasteiger partial charge is 0.308 e. The molecule has 0 saturated heterocycles. The van der Waals surface area contributed by atoms with Crippen molar-refractivity contribution < 1.29 is 18.3 Å². The van der Waals surface area contributed by atoms with Crippen LogP contribution in [-0.4, -0.2) is 49.6 Å². The van der Waals surface area contributed by atoms with Crippen molar-refractivity contribution in [2.75, 3.05) is 13.1 Å². The molecule has 1 rings (SSSR count). The molecule has 0 saturated carbocycles. The maximum absolute atomic E-state index is 12.2. The number of nitrogens with zero attached hydrogens (tertiary/aromatic N) is 1. The molecule has 2 N–H and O–H groups in total. The average Bonchev–Trinajstić information content (AvgIpc) is 2.82. The second-order valence-corrected chi connectivity index (χ2v) is 8.78. The predicted octanol–water partition coefficient (Wildman–Crippen LogP) is 1.77. The second kappa shape index (κ2) is 8.05. The number of hydrogen-bond acceptors (Lipinski definition) is 5. The third kappa shape index (κ3) is 5.68.